The number of aromatic nitrogens is 1. The number of anilines is 1. The second kappa shape index (κ2) is 5.58. The van der Waals surface area contributed by atoms with E-state index in [0.717, 1.165) is 36.6 Å². The van der Waals surface area contributed by atoms with Crippen LogP contribution in [0.4, 0.5) is 5.69 Å². The Bertz CT molecular complexity index is 504. The first kappa shape index (κ1) is 13.8. The Kier molecular flexibility index (Phi) is 4.06. The van der Waals surface area contributed by atoms with Gasteiger partial charge in [-0.15, -0.1) is 0 Å². The van der Waals surface area contributed by atoms with Crippen LogP contribution in [0.2, 0.25) is 0 Å². The van der Waals surface area contributed by atoms with Gasteiger partial charge in [0.1, 0.15) is 6.07 Å². The van der Waals surface area contributed by atoms with E-state index in [-0.39, 0.29) is 0 Å². The molecule has 4 heteroatoms. The lowest BCUT2D eigenvalue weighted by Crippen LogP contribution is -2.43. The van der Waals surface area contributed by atoms with E-state index >= 15 is 0 Å². The van der Waals surface area contributed by atoms with Crippen molar-refractivity contribution in [3.05, 3.63) is 23.0 Å². The lowest BCUT2D eigenvalue weighted by Gasteiger charge is -2.36. The van der Waals surface area contributed by atoms with Crippen LogP contribution >= 0.6 is 0 Å². The zero-order valence-electron chi connectivity index (χ0n) is 12.2. The summed E-state index contributed by atoms with van der Waals surface area (Å²) >= 11 is 0. The number of nitriles is 1. The average Bonchev–Trinajstić information content (AvgIpc) is 2.32. The van der Waals surface area contributed by atoms with Crippen molar-refractivity contribution in [2.75, 3.05) is 25.5 Å². The Labute approximate surface area is 115 Å². The molecule has 1 aliphatic heterocycles. The zero-order valence-corrected chi connectivity index (χ0v) is 12.2. The third-order valence-corrected chi connectivity index (χ3v) is 3.89. The van der Waals surface area contributed by atoms with Gasteiger partial charge in [0, 0.05) is 18.3 Å². The van der Waals surface area contributed by atoms with Crippen LogP contribution in [0.3, 0.4) is 0 Å². The second-order valence-corrected chi connectivity index (χ2v) is 5.66. The molecule has 102 valence electrons. The summed E-state index contributed by atoms with van der Waals surface area (Å²) < 4.78 is 0. The molecule has 0 saturated carbocycles. The minimum Gasteiger partial charge on any atom is -0.381 e. The average molecular weight is 258 g/mol. The van der Waals surface area contributed by atoms with E-state index in [2.05, 4.69) is 35.2 Å². The molecule has 2 rings (SSSR count). The van der Waals surface area contributed by atoms with Gasteiger partial charge in [0.15, 0.2) is 0 Å². The van der Waals surface area contributed by atoms with Crippen LogP contribution in [0.25, 0.3) is 0 Å². The number of aryl methyl sites for hydroxylation is 2. The van der Waals surface area contributed by atoms with Crippen molar-refractivity contribution >= 4 is 5.69 Å². The molecule has 1 saturated heterocycles. The molecule has 2 heterocycles. The minimum absolute atomic E-state index is 0.435. The van der Waals surface area contributed by atoms with Crippen molar-refractivity contribution in [2.45, 2.75) is 33.2 Å². The molecule has 2 atom stereocenters. The lowest BCUT2D eigenvalue weighted by molar-refractivity contribution is 0.206. The molecule has 0 amide bonds. The van der Waals surface area contributed by atoms with E-state index in [1.165, 1.54) is 0 Å². The number of hydrogen-bond donors (Lipinski definition) is 1. The highest BCUT2D eigenvalue weighted by molar-refractivity contribution is 5.60. The number of nitrogens with zero attached hydrogens (tertiary/aromatic N) is 3. The predicted molar refractivity (Wildman–Crippen MR) is 77.1 cm³/mol. The third kappa shape index (κ3) is 3.05. The molecular weight excluding hydrogens is 236 g/mol. The minimum atomic E-state index is 0.435. The molecule has 19 heavy (non-hydrogen) atoms. The number of rotatable bonds is 2. The quantitative estimate of drug-likeness (QED) is 0.884. The Morgan fingerprint density at radius 3 is 2.84 bits per heavy atom. The molecule has 0 bridgehead atoms. The van der Waals surface area contributed by atoms with Gasteiger partial charge in [-0.2, -0.15) is 5.26 Å². The smallest absolute Gasteiger partial charge is 0.103 e. The summed E-state index contributed by atoms with van der Waals surface area (Å²) in [6.45, 7) is 8.34. The highest BCUT2D eigenvalue weighted by atomic mass is 15.1. The van der Waals surface area contributed by atoms with Gasteiger partial charge in [-0.3, -0.25) is 4.98 Å². The van der Waals surface area contributed by atoms with Gasteiger partial charge in [0.25, 0.3) is 0 Å². The third-order valence-electron chi connectivity index (χ3n) is 3.89. The van der Waals surface area contributed by atoms with Crippen LogP contribution in [-0.2, 0) is 0 Å². The summed E-state index contributed by atoms with van der Waals surface area (Å²) in [7, 11) is 2.16. The largest absolute Gasteiger partial charge is 0.381 e. The molecular formula is C15H22N4. The molecule has 1 fully saturated rings. The summed E-state index contributed by atoms with van der Waals surface area (Å²) in [5, 5.41) is 12.9. The topological polar surface area (TPSA) is 52.0 Å². The Balaban J connectivity index is 2.22. The van der Waals surface area contributed by atoms with Gasteiger partial charge < -0.3 is 10.2 Å². The van der Waals surface area contributed by atoms with Crippen molar-refractivity contribution in [2.24, 2.45) is 5.92 Å². The molecule has 4 nitrogen and oxygen atoms in total. The highest BCUT2D eigenvalue weighted by Gasteiger charge is 2.25. The van der Waals surface area contributed by atoms with Crippen LogP contribution in [-0.4, -0.2) is 36.1 Å². The Morgan fingerprint density at radius 2 is 2.21 bits per heavy atom. The van der Waals surface area contributed by atoms with Crippen LogP contribution in [0, 0.1) is 31.1 Å². The number of piperidine rings is 1. The van der Waals surface area contributed by atoms with E-state index in [9.17, 15) is 5.26 Å². The molecule has 1 aromatic rings. The summed E-state index contributed by atoms with van der Waals surface area (Å²) in [5.74, 6) is 0.582. The molecule has 0 aliphatic carbocycles. The number of hydrogen-bond acceptors (Lipinski definition) is 4. The van der Waals surface area contributed by atoms with E-state index in [1.54, 1.807) is 0 Å². The second-order valence-electron chi connectivity index (χ2n) is 5.66. The van der Waals surface area contributed by atoms with E-state index in [0.29, 0.717) is 17.5 Å². The SMILES string of the molecule is Cc1cc(NC2CCN(C)CC2C)c(C#N)c(C)n1. The van der Waals surface area contributed by atoms with Gasteiger partial charge in [-0.1, -0.05) is 6.92 Å². The molecule has 0 spiro atoms. The van der Waals surface area contributed by atoms with Crippen LogP contribution in [0.5, 0.6) is 0 Å². The van der Waals surface area contributed by atoms with Crippen molar-refractivity contribution in [1.82, 2.24) is 9.88 Å². The van der Waals surface area contributed by atoms with E-state index in [4.69, 9.17) is 0 Å². The summed E-state index contributed by atoms with van der Waals surface area (Å²) in [5.41, 5.74) is 3.38. The van der Waals surface area contributed by atoms with Gasteiger partial charge >= 0.3 is 0 Å². The van der Waals surface area contributed by atoms with E-state index < -0.39 is 0 Å². The number of likely N-dealkylation sites (tertiary alicyclic amines) is 1. The Morgan fingerprint density at radius 1 is 1.47 bits per heavy atom. The first-order valence-electron chi connectivity index (χ1n) is 6.84. The fraction of sp³-hybridized carbons (Fsp3) is 0.600. The molecule has 1 aromatic heterocycles. The number of nitrogens with one attached hydrogen (secondary N) is 1. The van der Waals surface area contributed by atoms with Gasteiger partial charge in [0.05, 0.1) is 16.9 Å². The first-order valence-corrected chi connectivity index (χ1v) is 6.84. The molecule has 0 radical (unpaired) electrons. The normalized spacial score (nSPS) is 23.9. The first-order chi connectivity index (χ1) is 9.01. The summed E-state index contributed by atoms with van der Waals surface area (Å²) in [4.78, 5) is 6.72. The van der Waals surface area contributed by atoms with Crippen LogP contribution in [0.15, 0.2) is 6.07 Å². The molecule has 1 aliphatic rings. The van der Waals surface area contributed by atoms with Crippen molar-refractivity contribution < 1.29 is 0 Å². The maximum Gasteiger partial charge on any atom is 0.103 e. The zero-order chi connectivity index (χ0) is 14.0. The number of pyridine rings is 1. The van der Waals surface area contributed by atoms with Crippen molar-refractivity contribution in [3.8, 4) is 6.07 Å². The monoisotopic (exact) mass is 258 g/mol. The summed E-state index contributed by atoms with van der Waals surface area (Å²) in [6.07, 6.45) is 1.11. The van der Waals surface area contributed by atoms with Gasteiger partial charge in [-0.25, -0.2) is 0 Å². The fourth-order valence-electron chi connectivity index (χ4n) is 2.85. The maximum atomic E-state index is 9.29. The van der Waals surface area contributed by atoms with Crippen LogP contribution < -0.4 is 5.32 Å². The predicted octanol–water partition coefficient (Wildman–Crippen LogP) is 2.32. The van der Waals surface area contributed by atoms with Crippen LogP contribution in [0.1, 0.15) is 30.3 Å². The fourth-order valence-corrected chi connectivity index (χ4v) is 2.85. The highest BCUT2D eigenvalue weighted by Crippen LogP contribution is 2.24. The summed E-state index contributed by atoms with van der Waals surface area (Å²) in [6, 6.07) is 4.69. The van der Waals surface area contributed by atoms with E-state index in [1.807, 2.05) is 19.9 Å². The van der Waals surface area contributed by atoms with Gasteiger partial charge in [-0.05, 0) is 45.8 Å². The lowest BCUT2D eigenvalue weighted by atomic mass is 9.93. The standard InChI is InChI=1S/C15H22N4/c1-10-9-19(4)6-5-14(10)18-15-7-11(2)17-12(3)13(15)8-16/h7,10,14H,5-6,9H2,1-4H3,(H,17,18). The van der Waals surface area contributed by atoms with Crippen molar-refractivity contribution in [3.63, 3.8) is 0 Å². The molecule has 1 N–H and O–H groups in total. The maximum absolute atomic E-state index is 9.29. The van der Waals surface area contributed by atoms with Crippen molar-refractivity contribution in [1.29, 1.82) is 5.26 Å². The molecule has 0 aromatic carbocycles. The molecule has 2 unspecified atom stereocenters. The Hall–Kier alpha value is -1.60. The van der Waals surface area contributed by atoms with Gasteiger partial charge in [0.2, 0.25) is 0 Å².